The number of nitrogens with zero attached hydrogens (tertiary/aromatic N) is 6. The molecule has 6 heteroatoms. The summed E-state index contributed by atoms with van der Waals surface area (Å²) in [6.07, 6.45) is 8.11. The molecule has 5 aromatic carbocycles. The first-order valence-electron chi connectivity index (χ1n) is 17.0. The third kappa shape index (κ3) is 5.04. The molecule has 0 atom stereocenters. The molecule has 0 spiro atoms. The van der Waals surface area contributed by atoms with E-state index in [1.807, 2.05) is 79.0 Å². The number of fused-ring (bicyclic) bond motifs is 5. The van der Waals surface area contributed by atoms with E-state index >= 15 is 0 Å². The van der Waals surface area contributed by atoms with Crippen LogP contribution in [0.5, 0.6) is 0 Å². The van der Waals surface area contributed by atoms with Gasteiger partial charge in [0, 0.05) is 50.3 Å². The third-order valence-corrected chi connectivity index (χ3v) is 9.34. The van der Waals surface area contributed by atoms with Gasteiger partial charge < -0.3 is 9.13 Å². The predicted octanol–water partition coefficient (Wildman–Crippen LogP) is 9.08. The van der Waals surface area contributed by atoms with Gasteiger partial charge in [0.15, 0.2) is 17.5 Å². The smallest absolute Gasteiger partial charge is 0.164 e. The monoisotopic (exact) mass is 656 g/mol. The number of allylic oxidation sites excluding steroid dienone is 1. The first kappa shape index (κ1) is 30.2. The van der Waals surface area contributed by atoms with E-state index in [2.05, 4.69) is 108 Å². The Bertz CT molecular complexity index is 2790. The maximum atomic E-state index is 5.12. The molecule has 0 aliphatic rings. The number of aromatic nitrogens is 6. The van der Waals surface area contributed by atoms with Crippen LogP contribution in [0.4, 0.5) is 0 Å². The zero-order chi connectivity index (χ0) is 34.3. The Morgan fingerprint density at radius 2 is 1.06 bits per heavy atom. The Labute approximate surface area is 294 Å². The van der Waals surface area contributed by atoms with Crippen molar-refractivity contribution in [2.45, 2.75) is 6.92 Å². The van der Waals surface area contributed by atoms with Crippen LogP contribution in [-0.4, -0.2) is 29.1 Å². The molecule has 0 saturated carbocycles. The highest BCUT2D eigenvalue weighted by Crippen LogP contribution is 2.36. The first-order valence-corrected chi connectivity index (χ1v) is 17.0. The van der Waals surface area contributed by atoms with Gasteiger partial charge in [0.05, 0.1) is 27.4 Å². The zero-order valence-electron chi connectivity index (χ0n) is 28.0. The van der Waals surface area contributed by atoms with E-state index in [4.69, 9.17) is 19.9 Å². The normalized spacial score (nSPS) is 12.3. The zero-order valence-corrected chi connectivity index (χ0v) is 28.0. The molecule has 9 rings (SSSR count). The summed E-state index contributed by atoms with van der Waals surface area (Å²) in [6, 6.07) is 47.6. The van der Waals surface area contributed by atoms with Crippen molar-refractivity contribution in [2.75, 3.05) is 0 Å². The minimum absolute atomic E-state index is 0.617. The van der Waals surface area contributed by atoms with Crippen LogP contribution in [0.25, 0.3) is 90.5 Å². The van der Waals surface area contributed by atoms with E-state index < -0.39 is 0 Å². The number of benzene rings is 5. The van der Waals surface area contributed by atoms with Gasteiger partial charge in [0.25, 0.3) is 0 Å². The summed E-state index contributed by atoms with van der Waals surface area (Å²) in [4.78, 5) is 19.9. The van der Waals surface area contributed by atoms with Crippen LogP contribution in [0.3, 0.4) is 0 Å². The standard InChI is InChI=1S/C45H32N6/c1-3-16-38-35(4-2)37-29-46-40-36-23-14-15-24-39(36)51(42(40)41(37)50(38)33-21-12-7-13-22-33)34-27-25-32(26-28-34)45-48-43(30-17-8-5-9-18-30)47-44(49-45)31-19-10-6-11-20-31/h3-29H,1H2,2H3/b35-4-,38-16+. The van der Waals surface area contributed by atoms with Gasteiger partial charge in [-0.3, -0.25) is 4.98 Å². The number of hydrogen-bond donors (Lipinski definition) is 0. The van der Waals surface area contributed by atoms with E-state index in [0.717, 1.165) is 71.5 Å². The van der Waals surface area contributed by atoms with Gasteiger partial charge in [0.1, 0.15) is 0 Å². The van der Waals surface area contributed by atoms with Crippen molar-refractivity contribution < 1.29 is 0 Å². The minimum Gasteiger partial charge on any atom is -0.307 e. The van der Waals surface area contributed by atoms with Gasteiger partial charge in [-0.25, -0.2) is 15.0 Å². The topological polar surface area (TPSA) is 61.4 Å². The maximum Gasteiger partial charge on any atom is 0.164 e. The molecule has 0 saturated heterocycles. The Morgan fingerprint density at radius 1 is 0.529 bits per heavy atom. The average Bonchev–Trinajstić information content (AvgIpc) is 3.71. The van der Waals surface area contributed by atoms with E-state index in [-0.39, 0.29) is 0 Å². The van der Waals surface area contributed by atoms with Crippen LogP contribution in [0.1, 0.15) is 6.92 Å². The molecule has 0 radical (unpaired) electrons. The molecular formula is C45H32N6. The summed E-state index contributed by atoms with van der Waals surface area (Å²) in [6.45, 7) is 6.14. The molecule has 4 heterocycles. The van der Waals surface area contributed by atoms with Gasteiger partial charge in [-0.2, -0.15) is 0 Å². The Kier molecular flexibility index (Phi) is 7.40. The van der Waals surface area contributed by atoms with Crippen LogP contribution in [0.15, 0.2) is 158 Å². The molecule has 0 aliphatic carbocycles. The van der Waals surface area contributed by atoms with E-state index in [0.29, 0.717) is 17.5 Å². The third-order valence-electron chi connectivity index (χ3n) is 9.34. The highest BCUT2D eigenvalue weighted by molar-refractivity contribution is 6.16. The molecule has 0 aliphatic heterocycles. The van der Waals surface area contributed by atoms with Crippen LogP contribution in [-0.2, 0) is 0 Å². The molecule has 6 nitrogen and oxygen atoms in total. The number of para-hydroxylation sites is 2. The fourth-order valence-corrected chi connectivity index (χ4v) is 7.08. The number of hydrogen-bond acceptors (Lipinski definition) is 4. The van der Waals surface area contributed by atoms with Gasteiger partial charge in [-0.05, 0) is 55.5 Å². The lowest BCUT2D eigenvalue weighted by molar-refractivity contribution is 1.06. The van der Waals surface area contributed by atoms with Crippen LogP contribution < -0.4 is 10.6 Å². The summed E-state index contributed by atoms with van der Waals surface area (Å²) in [5, 5.41) is 4.35. The molecule has 4 aromatic heterocycles. The minimum atomic E-state index is 0.617. The Morgan fingerprint density at radius 3 is 1.65 bits per heavy atom. The second-order valence-electron chi connectivity index (χ2n) is 12.3. The van der Waals surface area contributed by atoms with E-state index in [1.165, 1.54) is 0 Å². The average molecular weight is 657 g/mol. The lowest BCUT2D eigenvalue weighted by Crippen LogP contribution is -2.27. The van der Waals surface area contributed by atoms with Crippen molar-refractivity contribution in [3.63, 3.8) is 0 Å². The van der Waals surface area contributed by atoms with Crippen LogP contribution in [0, 0.1) is 0 Å². The van der Waals surface area contributed by atoms with Crippen LogP contribution in [0.2, 0.25) is 0 Å². The second-order valence-corrected chi connectivity index (χ2v) is 12.3. The SMILES string of the molecule is C=C/C=c1\c(=C/C)c2cnc3c4ccccc4n(-c4ccc(-c5nc(-c6ccccc6)nc(-c6ccccc6)n5)cc4)c3c2n1-c1ccccc1. The highest BCUT2D eigenvalue weighted by atomic mass is 15.1. The van der Waals surface area contributed by atoms with Crippen molar-refractivity contribution in [3.05, 3.63) is 169 Å². The molecule has 242 valence electrons. The molecule has 0 fully saturated rings. The Hall–Kier alpha value is -6.92. The van der Waals surface area contributed by atoms with Crippen molar-refractivity contribution in [3.8, 4) is 45.5 Å². The molecular weight excluding hydrogens is 625 g/mol. The Balaban J connectivity index is 1.30. The summed E-state index contributed by atoms with van der Waals surface area (Å²) in [5.74, 6) is 1.89. The molecule has 0 bridgehead atoms. The summed E-state index contributed by atoms with van der Waals surface area (Å²) < 4.78 is 4.67. The summed E-state index contributed by atoms with van der Waals surface area (Å²) >= 11 is 0. The van der Waals surface area contributed by atoms with E-state index in [9.17, 15) is 0 Å². The molecule has 51 heavy (non-hydrogen) atoms. The molecule has 0 amide bonds. The maximum absolute atomic E-state index is 5.12. The number of pyridine rings is 1. The lowest BCUT2D eigenvalue weighted by atomic mass is 10.1. The van der Waals surface area contributed by atoms with Crippen LogP contribution >= 0.6 is 0 Å². The van der Waals surface area contributed by atoms with Crippen molar-refractivity contribution in [1.82, 2.24) is 29.1 Å². The van der Waals surface area contributed by atoms with Gasteiger partial charge in [0.2, 0.25) is 0 Å². The first-order chi connectivity index (χ1) is 25.2. The molecule has 9 aromatic rings. The second kappa shape index (κ2) is 12.5. The number of rotatable bonds is 6. The van der Waals surface area contributed by atoms with Crippen molar-refractivity contribution in [1.29, 1.82) is 0 Å². The molecule has 0 N–H and O–H groups in total. The lowest BCUT2D eigenvalue weighted by Gasteiger charge is -2.13. The van der Waals surface area contributed by atoms with Crippen molar-refractivity contribution in [2.24, 2.45) is 0 Å². The highest BCUT2D eigenvalue weighted by Gasteiger charge is 2.21. The van der Waals surface area contributed by atoms with Gasteiger partial charge >= 0.3 is 0 Å². The quantitative estimate of drug-likeness (QED) is 0.179. The van der Waals surface area contributed by atoms with Gasteiger partial charge in [-0.1, -0.05) is 116 Å². The summed E-state index contributed by atoms with van der Waals surface area (Å²) in [7, 11) is 0. The van der Waals surface area contributed by atoms with E-state index in [1.54, 1.807) is 0 Å². The van der Waals surface area contributed by atoms with Gasteiger partial charge in [-0.15, -0.1) is 0 Å². The predicted molar refractivity (Wildman–Crippen MR) is 209 cm³/mol. The fourth-order valence-electron chi connectivity index (χ4n) is 7.08. The largest absolute Gasteiger partial charge is 0.307 e. The summed E-state index contributed by atoms with van der Waals surface area (Å²) in [5.41, 5.74) is 9.01. The van der Waals surface area contributed by atoms with Crippen molar-refractivity contribution >= 4 is 45.0 Å². The fraction of sp³-hybridized carbons (Fsp3) is 0.0222. The molecule has 0 unspecified atom stereocenters.